The molecule has 2 amide bonds. The van der Waals surface area contributed by atoms with Gasteiger partial charge in [-0.25, -0.2) is 4.98 Å². The maximum Gasteiger partial charge on any atom is 0.260 e. The Kier molecular flexibility index (Phi) is 6.66. The van der Waals surface area contributed by atoms with E-state index in [-0.39, 0.29) is 11.8 Å². The summed E-state index contributed by atoms with van der Waals surface area (Å²) in [5, 5.41) is 9.77. The van der Waals surface area contributed by atoms with E-state index in [0.717, 1.165) is 17.7 Å². The molecule has 30 heavy (non-hydrogen) atoms. The van der Waals surface area contributed by atoms with Crippen molar-refractivity contribution in [2.45, 2.75) is 29.7 Å². The van der Waals surface area contributed by atoms with Crippen LogP contribution in [0.4, 0.5) is 0 Å². The number of halogens is 1. The molecular formula is C21H19ClN4O2S2. The molecule has 0 bridgehead atoms. The van der Waals surface area contributed by atoms with E-state index in [4.69, 9.17) is 11.6 Å². The molecule has 6 nitrogen and oxygen atoms in total. The first-order valence-corrected chi connectivity index (χ1v) is 11.7. The van der Waals surface area contributed by atoms with Crippen LogP contribution in [0.25, 0.3) is 12.2 Å². The summed E-state index contributed by atoms with van der Waals surface area (Å²) in [5.74, 6) is 0.137. The number of H-pyrrole nitrogens is 1. The first-order valence-electron chi connectivity index (χ1n) is 9.52. The fourth-order valence-electron chi connectivity index (χ4n) is 3.13. The Morgan fingerprint density at radius 2 is 2.07 bits per heavy atom. The monoisotopic (exact) mass is 458 g/mol. The fourth-order valence-corrected chi connectivity index (χ4v) is 4.89. The Labute approximate surface area is 187 Å². The largest absolute Gasteiger partial charge is 0.278 e. The van der Waals surface area contributed by atoms with Crippen LogP contribution in [0, 0.1) is 0 Å². The van der Waals surface area contributed by atoms with Gasteiger partial charge >= 0.3 is 0 Å². The lowest BCUT2D eigenvalue weighted by molar-refractivity contribution is -0.127. The van der Waals surface area contributed by atoms with Crippen molar-refractivity contribution in [1.82, 2.24) is 20.1 Å². The van der Waals surface area contributed by atoms with Crippen molar-refractivity contribution in [1.29, 1.82) is 0 Å². The zero-order valence-electron chi connectivity index (χ0n) is 16.0. The van der Waals surface area contributed by atoms with Gasteiger partial charge in [0.15, 0.2) is 0 Å². The van der Waals surface area contributed by atoms with Crippen LogP contribution in [0.5, 0.6) is 0 Å². The van der Waals surface area contributed by atoms with E-state index in [1.165, 1.54) is 16.7 Å². The number of rotatable bonds is 5. The van der Waals surface area contributed by atoms with Crippen LogP contribution < -0.4 is 0 Å². The van der Waals surface area contributed by atoms with Gasteiger partial charge in [0.2, 0.25) is 11.1 Å². The number of aromatic nitrogens is 3. The Morgan fingerprint density at radius 1 is 1.23 bits per heavy atom. The first kappa shape index (κ1) is 20.8. The number of likely N-dealkylation sites (tertiary alicyclic amines) is 1. The Balaban J connectivity index is 1.45. The molecule has 1 unspecified atom stereocenters. The van der Waals surface area contributed by atoms with Crippen molar-refractivity contribution in [3.8, 4) is 0 Å². The molecule has 1 atom stereocenters. The predicted molar refractivity (Wildman–Crippen MR) is 121 cm³/mol. The van der Waals surface area contributed by atoms with Crippen molar-refractivity contribution in [2.75, 3.05) is 6.54 Å². The number of benzene rings is 1. The van der Waals surface area contributed by atoms with E-state index in [1.54, 1.807) is 35.6 Å². The summed E-state index contributed by atoms with van der Waals surface area (Å²) in [5.41, 5.74) is 0.456. The van der Waals surface area contributed by atoms with Crippen molar-refractivity contribution >= 4 is 58.7 Å². The number of imide groups is 1. The topological polar surface area (TPSA) is 79.0 Å². The highest BCUT2D eigenvalue weighted by molar-refractivity contribution is 8.00. The van der Waals surface area contributed by atoms with Gasteiger partial charge in [-0.15, -0.1) is 16.4 Å². The average Bonchev–Trinajstić information content (AvgIpc) is 3.39. The molecule has 3 aromatic rings. The molecule has 0 saturated carbocycles. The first-order chi connectivity index (χ1) is 14.6. The van der Waals surface area contributed by atoms with Crippen LogP contribution in [0.15, 0.2) is 46.9 Å². The van der Waals surface area contributed by atoms with Gasteiger partial charge in [-0.1, -0.05) is 35.9 Å². The summed E-state index contributed by atoms with van der Waals surface area (Å²) in [6.07, 6.45) is 6.15. The molecule has 0 radical (unpaired) electrons. The highest BCUT2D eigenvalue weighted by atomic mass is 35.5. The van der Waals surface area contributed by atoms with Gasteiger partial charge in [0.05, 0.1) is 5.25 Å². The van der Waals surface area contributed by atoms with Gasteiger partial charge in [-0.2, -0.15) is 0 Å². The third-order valence-corrected chi connectivity index (χ3v) is 6.86. The number of hydrogen-bond donors (Lipinski definition) is 1. The van der Waals surface area contributed by atoms with Gasteiger partial charge in [-0.3, -0.25) is 19.6 Å². The number of hydrogen-bond acceptors (Lipinski definition) is 6. The second kappa shape index (κ2) is 9.59. The van der Waals surface area contributed by atoms with Crippen LogP contribution in [0.2, 0.25) is 5.02 Å². The molecular weight excluding hydrogens is 440 g/mol. The number of thioether (sulfide) groups is 1. The zero-order valence-corrected chi connectivity index (χ0v) is 18.3. The third-order valence-electron chi connectivity index (χ3n) is 4.65. The zero-order chi connectivity index (χ0) is 20.9. The lowest BCUT2D eigenvalue weighted by atomic mass is 10.2. The van der Waals surface area contributed by atoms with Gasteiger partial charge < -0.3 is 0 Å². The molecule has 1 aromatic carbocycles. The molecule has 1 aliphatic heterocycles. The van der Waals surface area contributed by atoms with Crippen LogP contribution in [-0.2, 0) is 4.79 Å². The molecule has 2 aromatic heterocycles. The maximum absolute atomic E-state index is 13.1. The Hall–Kier alpha value is -2.42. The molecule has 0 spiro atoms. The van der Waals surface area contributed by atoms with Gasteiger partial charge in [-0.05, 0) is 60.7 Å². The Morgan fingerprint density at radius 3 is 2.83 bits per heavy atom. The lowest BCUT2D eigenvalue weighted by Crippen LogP contribution is -2.41. The molecule has 1 saturated heterocycles. The van der Waals surface area contributed by atoms with Crippen LogP contribution in [0.1, 0.15) is 40.3 Å². The molecule has 1 N–H and O–H groups in total. The second-order valence-corrected chi connectivity index (χ2v) is 9.34. The van der Waals surface area contributed by atoms with Gasteiger partial charge in [0.1, 0.15) is 5.82 Å². The van der Waals surface area contributed by atoms with E-state index in [1.807, 2.05) is 29.7 Å². The number of amides is 2. The average molecular weight is 459 g/mol. The van der Waals surface area contributed by atoms with E-state index in [9.17, 15) is 9.59 Å². The smallest absolute Gasteiger partial charge is 0.260 e. The van der Waals surface area contributed by atoms with Crippen LogP contribution in [0.3, 0.4) is 0 Å². The quantitative estimate of drug-likeness (QED) is 0.544. The number of carbonyl (C=O) groups is 2. The van der Waals surface area contributed by atoms with Crippen molar-refractivity contribution < 1.29 is 9.59 Å². The standard InChI is InChI=1S/C21H19ClN4O2S2/c22-15-8-6-14(7-9-15)19(27)26-12-2-1-5-17(20(26)28)30-21-23-18(24-25-21)11-10-16-4-3-13-29-16/h3-4,6-11,13,17H,1-2,5,12H2,(H,23,24,25)/b11-10+. The SMILES string of the molecule is O=C(c1ccc(Cl)cc1)N1CCCCC(Sc2n[nH]c(/C=C/c3cccs3)n2)C1=O. The summed E-state index contributed by atoms with van der Waals surface area (Å²) < 4.78 is 0. The highest BCUT2D eigenvalue weighted by Crippen LogP contribution is 2.29. The molecule has 4 rings (SSSR count). The minimum atomic E-state index is -0.395. The number of aromatic amines is 1. The summed E-state index contributed by atoms with van der Waals surface area (Å²) >= 11 is 8.85. The molecule has 3 heterocycles. The van der Waals surface area contributed by atoms with E-state index >= 15 is 0 Å². The molecule has 1 aliphatic rings. The summed E-state index contributed by atoms with van der Waals surface area (Å²) in [6.45, 7) is 0.417. The van der Waals surface area contributed by atoms with Crippen molar-refractivity contribution in [2.24, 2.45) is 0 Å². The summed E-state index contributed by atoms with van der Waals surface area (Å²) in [7, 11) is 0. The van der Waals surface area contributed by atoms with Gasteiger partial charge in [0, 0.05) is 22.0 Å². The van der Waals surface area contributed by atoms with Crippen LogP contribution >= 0.6 is 34.7 Å². The molecule has 9 heteroatoms. The summed E-state index contributed by atoms with van der Waals surface area (Å²) in [6, 6.07) is 10.6. The van der Waals surface area contributed by atoms with E-state index in [2.05, 4.69) is 15.2 Å². The van der Waals surface area contributed by atoms with Crippen molar-refractivity contribution in [3.05, 3.63) is 63.1 Å². The number of nitrogens with zero attached hydrogens (tertiary/aromatic N) is 3. The lowest BCUT2D eigenvalue weighted by Gasteiger charge is -2.21. The molecule has 0 aliphatic carbocycles. The highest BCUT2D eigenvalue weighted by Gasteiger charge is 2.33. The minimum Gasteiger partial charge on any atom is -0.278 e. The number of carbonyl (C=O) groups excluding carboxylic acids is 2. The normalized spacial score (nSPS) is 17.4. The van der Waals surface area contributed by atoms with E-state index < -0.39 is 5.25 Å². The van der Waals surface area contributed by atoms with Gasteiger partial charge in [0.25, 0.3) is 5.91 Å². The molecule has 154 valence electrons. The number of thiophene rings is 1. The minimum absolute atomic E-state index is 0.196. The predicted octanol–water partition coefficient (Wildman–Crippen LogP) is 5.00. The second-order valence-electron chi connectivity index (χ2n) is 6.76. The maximum atomic E-state index is 13.1. The summed E-state index contributed by atoms with van der Waals surface area (Å²) in [4.78, 5) is 32.9. The third kappa shape index (κ3) is 5.00. The number of nitrogens with one attached hydrogen (secondary N) is 1. The van der Waals surface area contributed by atoms with Crippen molar-refractivity contribution in [3.63, 3.8) is 0 Å². The van der Waals surface area contributed by atoms with Crippen LogP contribution in [-0.4, -0.2) is 43.7 Å². The molecule has 1 fully saturated rings. The van der Waals surface area contributed by atoms with E-state index in [0.29, 0.717) is 34.5 Å². The Bertz CT molecular complexity index is 1050. The fraction of sp³-hybridized carbons (Fsp3) is 0.238.